The van der Waals surface area contributed by atoms with Crippen molar-refractivity contribution in [1.82, 2.24) is 0 Å². The summed E-state index contributed by atoms with van der Waals surface area (Å²) >= 11 is 6.02. The molecule has 1 aromatic carbocycles. The van der Waals surface area contributed by atoms with Gasteiger partial charge in [0.15, 0.2) is 0 Å². The van der Waals surface area contributed by atoms with E-state index < -0.39 is 11.6 Å². The number of ether oxygens (including phenoxy) is 3. The van der Waals surface area contributed by atoms with E-state index in [9.17, 15) is 8.78 Å². The Balaban J connectivity index is 1.91. The Morgan fingerprint density at radius 3 is 2.47 bits per heavy atom. The maximum absolute atomic E-state index is 13.0. The van der Waals surface area contributed by atoms with Crippen LogP contribution in [0.3, 0.4) is 0 Å². The normalized spacial score (nSPS) is 26.0. The third-order valence-electron chi connectivity index (χ3n) is 2.90. The minimum absolute atomic E-state index is 0.145. The first-order valence-electron chi connectivity index (χ1n) is 5.97. The molecule has 3 nitrogen and oxygen atoms in total. The number of hydrogen-bond donors (Lipinski definition) is 0. The first kappa shape index (κ1) is 14.5. The Hall–Kier alpha value is -0.910. The predicted octanol–water partition coefficient (Wildman–Crippen LogP) is 2.75. The molecule has 106 valence electrons. The van der Waals surface area contributed by atoms with Gasteiger partial charge in [-0.2, -0.15) is 0 Å². The fraction of sp³-hybridized carbons (Fsp3) is 0.538. The van der Waals surface area contributed by atoms with E-state index in [4.69, 9.17) is 25.8 Å². The van der Waals surface area contributed by atoms with Crippen LogP contribution in [0.1, 0.15) is 6.42 Å². The molecule has 0 aromatic heterocycles. The van der Waals surface area contributed by atoms with Gasteiger partial charge in [0.1, 0.15) is 29.6 Å². The smallest absolute Gasteiger partial charge is 0.129 e. The van der Waals surface area contributed by atoms with Crippen LogP contribution in [0.15, 0.2) is 18.2 Å². The highest BCUT2D eigenvalue weighted by atomic mass is 35.5. The molecule has 1 aliphatic carbocycles. The molecule has 0 amide bonds. The van der Waals surface area contributed by atoms with Gasteiger partial charge in [0.2, 0.25) is 0 Å². The van der Waals surface area contributed by atoms with Crippen molar-refractivity contribution >= 4 is 11.6 Å². The van der Waals surface area contributed by atoms with Crippen molar-refractivity contribution in [3.8, 4) is 5.75 Å². The lowest BCUT2D eigenvalue weighted by Crippen LogP contribution is -2.53. The van der Waals surface area contributed by atoms with Gasteiger partial charge >= 0.3 is 0 Å². The molecule has 0 heterocycles. The molecular formula is C13H15ClF2O3. The molecule has 0 radical (unpaired) electrons. The summed E-state index contributed by atoms with van der Waals surface area (Å²) in [6, 6.07) is 3.07. The Labute approximate surface area is 115 Å². The summed E-state index contributed by atoms with van der Waals surface area (Å²) in [5.41, 5.74) is 0. The van der Waals surface area contributed by atoms with E-state index in [1.54, 1.807) is 7.11 Å². The van der Waals surface area contributed by atoms with Gasteiger partial charge in [0.25, 0.3) is 0 Å². The second kappa shape index (κ2) is 6.50. The third kappa shape index (κ3) is 3.78. The van der Waals surface area contributed by atoms with Gasteiger partial charge in [-0.1, -0.05) is 0 Å². The van der Waals surface area contributed by atoms with Crippen molar-refractivity contribution in [3.63, 3.8) is 0 Å². The van der Waals surface area contributed by atoms with Crippen LogP contribution in [0.5, 0.6) is 5.75 Å². The van der Waals surface area contributed by atoms with Crippen LogP contribution < -0.4 is 4.74 Å². The molecule has 3 atom stereocenters. The number of halogens is 3. The average molecular weight is 293 g/mol. The highest BCUT2D eigenvalue weighted by Gasteiger charge is 2.42. The van der Waals surface area contributed by atoms with Crippen LogP contribution in [0, 0.1) is 11.6 Å². The minimum atomic E-state index is -0.673. The lowest BCUT2D eigenvalue weighted by molar-refractivity contribution is -0.0899. The van der Waals surface area contributed by atoms with E-state index in [1.165, 1.54) is 0 Å². The highest BCUT2D eigenvalue weighted by Crippen LogP contribution is 2.33. The molecular weight excluding hydrogens is 278 g/mol. The molecule has 0 spiro atoms. The van der Waals surface area contributed by atoms with Crippen molar-refractivity contribution in [1.29, 1.82) is 0 Å². The maximum Gasteiger partial charge on any atom is 0.129 e. The Kier molecular flexibility index (Phi) is 4.96. The summed E-state index contributed by atoms with van der Waals surface area (Å²) in [5, 5.41) is -0.153. The van der Waals surface area contributed by atoms with E-state index in [0.717, 1.165) is 18.2 Å². The Morgan fingerprint density at radius 2 is 1.89 bits per heavy atom. The fourth-order valence-corrected chi connectivity index (χ4v) is 2.30. The zero-order valence-corrected chi connectivity index (χ0v) is 11.2. The quantitative estimate of drug-likeness (QED) is 0.596. The summed E-state index contributed by atoms with van der Waals surface area (Å²) in [7, 11) is 1.58. The first-order chi connectivity index (χ1) is 9.10. The fourth-order valence-electron chi connectivity index (χ4n) is 1.89. The predicted molar refractivity (Wildman–Crippen MR) is 66.6 cm³/mol. The van der Waals surface area contributed by atoms with Gasteiger partial charge in [-0.15, -0.1) is 11.6 Å². The summed E-state index contributed by atoms with van der Waals surface area (Å²) in [6.07, 6.45) is 0.000785. The monoisotopic (exact) mass is 292 g/mol. The number of methoxy groups -OCH3 is 1. The Bertz CT molecular complexity index is 410. The van der Waals surface area contributed by atoms with Crippen molar-refractivity contribution in [3.05, 3.63) is 29.8 Å². The van der Waals surface area contributed by atoms with Crippen LogP contribution in [0.25, 0.3) is 0 Å². The maximum atomic E-state index is 13.0. The second-order valence-electron chi connectivity index (χ2n) is 4.34. The third-order valence-corrected chi connectivity index (χ3v) is 3.33. The van der Waals surface area contributed by atoms with Crippen molar-refractivity contribution < 1.29 is 23.0 Å². The van der Waals surface area contributed by atoms with Crippen LogP contribution in [-0.4, -0.2) is 37.9 Å². The van der Waals surface area contributed by atoms with E-state index >= 15 is 0 Å². The minimum Gasteiger partial charge on any atom is -0.487 e. The number of hydrogen-bond acceptors (Lipinski definition) is 3. The zero-order chi connectivity index (χ0) is 13.8. The van der Waals surface area contributed by atoms with Crippen molar-refractivity contribution in [2.75, 3.05) is 20.3 Å². The lowest BCUT2D eigenvalue weighted by atomic mass is 9.91. The average Bonchev–Trinajstić information content (AvgIpc) is 2.33. The molecule has 0 saturated heterocycles. The highest BCUT2D eigenvalue weighted by molar-refractivity contribution is 6.21. The Morgan fingerprint density at radius 1 is 1.21 bits per heavy atom. The molecule has 1 saturated carbocycles. The van der Waals surface area contributed by atoms with E-state index in [0.29, 0.717) is 19.6 Å². The SMILES string of the molecule is COCCOC1C(Cl)CC1Oc1cc(F)cc(F)c1. The largest absolute Gasteiger partial charge is 0.487 e. The summed E-state index contributed by atoms with van der Waals surface area (Å²) in [6.45, 7) is 0.864. The zero-order valence-electron chi connectivity index (χ0n) is 10.4. The first-order valence-corrected chi connectivity index (χ1v) is 6.41. The lowest BCUT2D eigenvalue weighted by Gasteiger charge is -2.40. The van der Waals surface area contributed by atoms with Gasteiger partial charge in [-0.05, 0) is 0 Å². The van der Waals surface area contributed by atoms with Crippen LogP contribution in [0.2, 0.25) is 0 Å². The van der Waals surface area contributed by atoms with Gasteiger partial charge < -0.3 is 14.2 Å². The molecule has 3 unspecified atom stereocenters. The van der Waals surface area contributed by atoms with Crippen molar-refractivity contribution in [2.24, 2.45) is 0 Å². The second-order valence-corrected chi connectivity index (χ2v) is 4.90. The molecule has 0 bridgehead atoms. The summed E-state index contributed by atoms with van der Waals surface area (Å²) in [5.74, 6) is -1.20. The van der Waals surface area contributed by atoms with E-state index in [-0.39, 0.29) is 23.3 Å². The topological polar surface area (TPSA) is 27.7 Å². The van der Waals surface area contributed by atoms with Gasteiger partial charge in [0, 0.05) is 31.7 Å². The molecule has 0 N–H and O–H groups in total. The standard InChI is InChI=1S/C13H15ClF2O3/c1-17-2-3-18-13-11(14)7-12(13)19-10-5-8(15)4-9(16)6-10/h4-6,11-13H,2-3,7H2,1H3. The number of rotatable bonds is 6. The van der Waals surface area contributed by atoms with E-state index in [1.807, 2.05) is 0 Å². The van der Waals surface area contributed by atoms with Gasteiger partial charge in [-0.25, -0.2) is 8.78 Å². The summed E-state index contributed by atoms with van der Waals surface area (Å²) < 4.78 is 41.9. The van der Waals surface area contributed by atoms with E-state index in [2.05, 4.69) is 0 Å². The molecule has 2 rings (SSSR count). The molecule has 1 aromatic rings. The van der Waals surface area contributed by atoms with Crippen LogP contribution >= 0.6 is 11.6 Å². The van der Waals surface area contributed by atoms with Gasteiger partial charge in [0.05, 0.1) is 18.6 Å². The number of alkyl halides is 1. The van der Waals surface area contributed by atoms with Crippen molar-refractivity contribution in [2.45, 2.75) is 24.0 Å². The number of benzene rings is 1. The molecule has 6 heteroatoms. The van der Waals surface area contributed by atoms with Gasteiger partial charge in [-0.3, -0.25) is 0 Å². The molecule has 0 aliphatic heterocycles. The molecule has 19 heavy (non-hydrogen) atoms. The van der Waals surface area contributed by atoms with Crippen LogP contribution in [0.4, 0.5) is 8.78 Å². The van der Waals surface area contributed by atoms with Crippen LogP contribution in [-0.2, 0) is 9.47 Å². The molecule has 1 aliphatic rings. The molecule has 1 fully saturated rings. The summed E-state index contributed by atoms with van der Waals surface area (Å²) in [4.78, 5) is 0.